The first-order chi connectivity index (χ1) is 35.7. The number of pyridine rings is 2. The van der Waals surface area contributed by atoms with E-state index in [0.717, 1.165) is 33.8 Å². The van der Waals surface area contributed by atoms with Crippen molar-refractivity contribution in [2.75, 3.05) is 95.4 Å². The molecule has 0 aliphatic carbocycles. The molecular formula is C53H69AcN9O10S. The number of aromatic nitrogens is 5. The van der Waals surface area contributed by atoms with Crippen molar-refractivity contribution in [1.82, 2.24) is 40.5 Å². The van der Waals surface area contributed by atoms with Crippen molar-refractivity contribution in [3.63, 3.8) is 0 Å². The van der Waals surface area contributed by atoms with Gasteiger partial charge in [0.15, 0.2) is 0 Å². The largest absolute Gasteiger partial charge is 0.477 e. The Bertz CT molecular complexity index is 2450. The standard InChI is InChI=1S/C47H57N9O8S.C5H12.CO2.Ac/c57-43(15-16-44(58)56-30-35-8-1-2-11-39(35)45-46(52-53-51-45)40-12-3-4-14-42(40)56)49-18-29-65-34-38-33-63-25-21-54(32-37-10-7-13-41(50-37)47(59)60)19-23-61-27-28-62-24-20-55(22-26-64-38)31-36-9-5-6-17-48-36;1-3-5-4-2;2-1-3;/h1-14,17,38H,15-16,18-34H2,(H,49,57)(H,59,60)(H,51,52,53);3-5H2,1-2H3;;/t38-;;;/m0.../s1/i;;;1-2. The third kappa shape index (κ3) is 21.8. The summed E-state index contributed by atoms with van der Waals surface area (Å²) >= 11 is 1.66. The molecule has 1 radical (unpaired) electrons. The second-order valence-corrected chi connectivity index (χ2v) is 18.2. The molecule has 2 aromatic carbocycles. The fraction of sp³-hybridized carbons (Fsp3) is 0.472. The number of fused-ring (bicyclic) bond motifs is 5. The molecule has 19 nitrogen and oxygen atoms in total. The van der Waals surface area contributed by atoms with E-state index in [1.165, 1.54) is 25.3 Å². The number of amides is 2. The van der Waals surface area contributed by atoms with Crippen LogP contribution >= 0.6 is 11.8 Å². The number of aromatic carboxylic acids is 1. The van der Waals surface area contributed by atoms with Gasteiger partial charge in [-0.2, -0.15) is 36.8 Å². The summed E-state index contributed by atoms with van der Waals surface area (Å²) in [5, 5.41) is 24.1. The maximum Gasteiger partial charge on any atom is 0.373 e. The van der Waals surface area contributed by atoms with Gasteiger partial charge in [-0.1, -0.05) is 87.7 Å². The van der Waals surface area contributed by atoms with E-state index in [1.807, 2.05) is 72.8 Å². The molecule has 2 aliphatic rings. The topological polar surface area (TPSA) is 232 Å². The summed E-state index contributed by atoms with van der Waals surface area (Å²) in [5.74, 6) is -0.119. The second-order valence-electron chi connectivity index (χ2n) is 17.0. The molecule has 5 heterocycles. The number of carbonyl (C=O) groups excluding carboxylic acids is 4. The number of para-hydroxylation sites is 1. The molecule has 7 rings (SSSR count). The zero-order valence-electron chi connectivity index (χ0n) is 42.5. The minimum atomic E-state index is -1.07. The average molecular weight is 1250 g/mol. The first kappa shape index (κ1) is 61.8. The van der Waals surface area contributed by atoms with Gasteiger partial charge in [0.05, 0.1) is 76.0 Å². The summed E-state index contributed by atoms with van der Waals surface area (Å²) in [7, 11) is 0. The predicted molar refractivity (Wildman–Crippen MR) is 276 cm³/mol. The number of ether oxygens (including phenoxy) is 4. The van der Waals surface area contributed by atoms with Crippen LogP contribution < -0.4 is 10.2 Å². The molecule has 21 heteroatoms. The van der Waals surface area contributed by atoms with Gasteiger partial charge >= 0.3 is 12.1 Å². The van der Waals surface area contributed by atoms with E-state index in [0.29, 0.717) is 121 Å². The Labute approximate surface area is 473 Å². The average Bonchev–Trinajstić information content (AvgIpc) is 3.88. The molecular weight excluding hydrogens is 1180 g/mol. The minimum Gasteiger partial charge on any atom is -0.477 e. The van der Waals surface area contributed by atoms with Gasteiger partial charge in [-0.25, -0.2) is 9.78 Å². The Balaban J connectivity index is 0.00000123. The number of unbranched alkanes of at least 4 members (excludes halogenated alkanes) is 2. The van der Waals surface area contributed by atoms with Gasteiger partial charge in [0.2, 0.25) is 11.8 Å². The molecule has 395 valence electrons. The van der Waals surface area contributed by atoms with Crippen LogP contribution in [0.3, 0.4) is 0 Å². The maximum atomic E-state index is 13.9. The second kappa shape index (κ2) is 36.2. The zero-order chi connectivity index (χ0) is 51.9. The van der Waals surface area contributed by atoms with Crippen LogP contribution in [0, 0.1) is 44.1 Å². The van der Waals surface area contributed by atoms with Crippen LogP contribution in [-0.2, 0) is 57.8 Å². The molecule has 0 unspecified atom stereocenters. The van der Waals surface area contributed by atoms with E-state index in [-0.39, 0.29) is 86.7 Å². The third-order valence-corrected chi connectivity index (χ3v) is 12.8. The van der Waals surface area contributed by atoms with Gasteiger partial charge in [-0.3, -0.25) is 24.4 Å². The number of hydrogen-bond donors (Lipinski definition) is 3. The number of carboxylic acid groups (broad SMARTS) is 1. The van der Waals surface area contributed by atoms with Gasteiger partial charge in [-0.05, 0) is 35.9 Å². The molecule has 0 bridgehead atoms. The maximum absolute atomic E-state index is 13.9. The van der Waals surface area contributed by atoms with Crippen LogP contribution in [0.5, 0.6) is 0 Å². The van der Waals surface area contributed by atoms with Crippen LogP contribution in [0.2, 0.25) is 0 Å². The van der Waals surface area contributed by atoms with Crippen molar-refractivity contribution in [3.8, 4) is 22.5 Å². The van der Waals surface area contributed by atoms with E-state index >= 15 is 0 Å². The molecule has 0 spiro atoms. The number of H-pyrrole nitrogens is 1. The van der Waals surface area contributed by atoms with Crippen molar-refractivity contribution < 1.29 is 92.1 Å². The van der Waals surface area contributed by atoms with E-state index < -0.39 is 5.97 Å². The van der Waals surface area contributed by atoms with Crippen LogP contribution in [0.4, 0.5) is 5.69 Å². The number of benzene rings is 2. The van der Waals surface area contributed by atoms with E-state index in [2.05, 4.69) is 54.3 Å². The fourth-order valence-electron chi connectivity index (χ4n) is 7.94. The monoisotopic (exact) mass is 1250 g/mol. The molecule has 1 saturated heterocycles. The van der Waals surface area contributed by atoms with Gasteiger partial charge < -0.3 is 34.3 Å². The summed E-state index contributed by atoms with van der Waals surface area (Å²) in [6, 6.07) is 26.4. The molecule has 3 N–H and O–H groups in total. The minimum absolute atomic E-state index is 0. The van der Waals surface area contributed by atoms with Gasteiger partial charge in [0, 0.05) is 132 Å². The van der Waals surface area contributed by atoms with Crippen LogP contribution in [0.1, 0.15) is 73.4 Å². The molecule has 1 atom stereocenters. The predicted octanol–water partition coefficient (Wildman–Crippen LogP) is 6.17. The molecule has 74 heavy (non-hydrogen) atoms. The van der Waals surface area contributed by atoms with Crippen molar-refractivity contribution >= 4 is 41.4 Å². The van der Waals surface area contributed by atoms with Crippen molar-refractivity contribution in [2.24, 2.45) is 0 Å². The molecule has 2 aliphatic heterocycles. The van der Waals surface area contributed by atoms with Gasteiger partial charge in [-0.15, -0.1) is 0 Å². The number of thioether (sulfide) groups is 1. The number of aromatic amines is 1. The van der Waals surface area contributed by atoms with Gasteiger partial charge in [0.25, 0.3) is 0 Å². The van der Waals surface area contributed by atoms with Crippen LogP contribution in [-0.4, -0.2) is 161 Å². The molecule has 1 fully saturated rings. The smallest absolute Gasteiger partial charge is 0.373 e. The summed E-state index contributed by atoms with van der Waals surface area (Å²) in [5.41, 5.74) is 6.40. The SMILES string of the molecule is CCCCC.O=C(CCC(=O)N1Cc2ccccc2-c2n[nH]nc2-c2ccccc21)NCCSC[C@@H]1COCCN(Cc2cccc(C(=O)O)n2)CCOCCOCCN(Cc2ccccn2)CCO1.O=C=O.[225Ac]. The summed E-state index contributed by atoms with van der Waals surface area (Å²) < 4.78 is 24.5. The fourth-order valence-corrected chi connectivity index (χ4v) is 8.81. The first-order valence-corrected chi connectivity index (χ1v) is 26.0. The normalized spacial score (nSPS) is 15.9. The number of anilines is 1. The number of nitrogens with one attached hydrogen (secondary N) is 2. The van der Waals surface area contributed by atoms with Crippen molar-refractivity contribution in [1.29, 1.82) is 0 Å². The van der Waals surface area contributed by atoms with Crippen molar-refractivity contribution in [2.45, 2.75) is 71.7 Å². The van der Waals surface area contributed by atoms with E-state index in [9.17, 15) is 19.5 Å². The summed E-state index contributed by atoms with van der Waals surface area (Å²) in [6.45, 7) is 12.0. The quantitative estimate of drug-likeness (QED) is 0.0995. The Morgan fingerprint density at radius 1 is 0.757 bits per heavy atom. The van der Waals surface area contributed by atoms with Crippen LogP contribution in [0.15, 0.2) is 91.1 Å². The number of hydrogen-bond acceptors (Lipinski definition) is 16. The molecule has 2 amide bonds. The number of carboxylic acids is 1. The Hall–Kier alpha value is -4.78. The van der Waals surface area contributed by atoms with E-state index in [4.69, 9.17) is 28.5 Å². The molecule has 0 saturated carbocycles. The molecule has 5 aromatic rings. The van der Waals surface area contributed by atoms with Crippen molar-refractivity contribution in [3.05, 3.63) is 114 Å². The van der Waals surface area contributed by atoms with Crippen LogP contribution in [0.25, 0.3) is 22.5 Å². The Morgan fingerprint density at radius 2 is 1.38 bits per heavy atom. The zero-order valence-corrected chi connectivity index (χ0v) is 48.1. The number of carbonyl (C=O) groups is 3. The number of nitrogens with zero attached hydrogens (tertiary/aromatic N) is 7. The first-order valence-electron chi connectivity index (χ1n) is 24.9. The Morgan fingerprint density at radius 3 is 2.05 bits per heavy atom. The van der Waals surface area contributed by atoms with Gasteiger partial charge in [0.1, 0.15) is 17.1 Å². The summed E-state index contributed by atoms with van der Waals surface area (Å²) in [4.78, 5) is 69.7. The molecule has 3 aromatic heterocycles. The number of rotatable bonds is 15. The Kier molecular flexibility index (Phi) is 30.3. The van der Waals surface area contributed by atoms with E-state index in [1.54, 1.807) is 28.9 Å². The third-order valence-electron chi connectivity index (χ3n) is 11.7. The summed E-state index contributed by atoms with van der Waals surface area (Å²) in [6.07, 6.45) is 6.01.